The summed E-state index contributed by atoms with van der Waals surface area (Å²) in [6, 6.07) is 11.2. The van der Waals surface area contributed by atoms with Crippen LogP contribution in [0.15, 0.2) is 61.3 Å². The van der Waals surface area contributed by atoms with Crippen LogP contribution in [0.3, 0.4) is 0 Å². The number of imidazole rings is 1. The topological polar surface area (TPSA) is 59.8 Å². The second-order valence-electron chi connectivity index (χ2n) is 5.01. The van der Waals surface area contributed by atoms with Crippen LogP contribution in [0.25, 0.3) is 5.82 Å². The molecule has 0 saturated heterocycles. The van der Waals surface area contributed by atoms with E-state index in [9.17, 15) is 4.79 Å². The van der Waals surface area contributed by atoms with Crippen molar-refractivity contribution in [2.75, 3.05) is 5.32 Å². The predicted molar refractivity (Wildman–Crippen MR) is 89.8 cm³/mol. The lowest BCUT2D eigenvalue weighted by Crippen LogP contribution is -2.12. The van der Waals surface area contributed by atoms with Gasteiger partial charge in [0.15, 0.2) is 0 Å². The molecular weight excluding hydrogens is 312 g/mol. The number of rotatable bonds is 5. The van der Waals surface area contributed by atoms with Crippen molar-refractivity contribution in [1.82, 2.24) is 14.5 Å². The zero-order chi connectivity index (χ0) is 16.1. The summed E-state index contributed by atoms with van der Waals surface area (Å²) in [6.07, 6.45) is 7.77. The van der Waals surface area contributed by atoms with Crippen LogP contribution >= 0.6 is 11.6 Å². The first-order chi connectivity index (χ1) is 11.2. The van der Waals surface area contributed by atoms with E-state index in [-0.39, 0.29) is 5.91 Å². The average Bonchev–Trinajstić information content (AvgIpc) is 3.09. The molecule has 3 aromatic rings. The minimum Gasteiger partial charge on any atom is -0.325 e. The Morgan fingerprint density at radius 1 is 1.22 bits per heavy atom. The fourth-order valence-corrected chi connectivity index (χ4v) is 2.41. The highest BCUT2D eigenvalue weighted by Gasteiger charge is 2.06. The van der Waals surface area contributed by atoms with Crippen LogP contribution in [0.1, 0.15) is 12.0 Å². The summed E-state index contributed by atoms with van der Waals surface area (Å²) >= 11 is 6.09. The normalized spacial score (nSPS) is 10.5. The Morgan fingerprint density at radius 2 is 2.09 bits per heavy atom. The number of nitrogens with zero attached hydrogens (tertiary/aromatic N) is 3. The first-order valence-corrected chi connectivity index (χ1v) is 7.58. The van der Waals surface area contributed by atoms with Crippen molar-refractivity contribution < 1.29 is 4.79 Å². The first-order valence-electron chi connectivity index (χ1n) is 7.20. The summed E-state index contributed by atoms with van der Waals surface area (Å²) in [5.74, 6) is 0.679. The van der Waals surface area contributed by atoms with Crippen molar-refractivity contribution in [2.24, 2.45) is 0 Å². The van der Waals surface area contributed by atoms with Crippen LogP contribution in [0.2, 0.25) is 5.02 Å². The molecule has 0 unspecified atom stereocenters. The van der Waals surface area contributed by atoms with Gasteiger partial charge in [-0.25, -0.2) is 9.97 Å². The number of carbonyl (C=O) groups is 1. The summed E-state index contributed by atoms with van der Waals surface area (Å²) in [5.41, 5.74) is 1.64. The molecule has 2 aromatic heterocycles. The number of halogens is 1. The van der Waals surface area contributed by atoms with Gasteiger partial charge >= 0.3 is 0 Å². The minimum absolute atomic E-state index is 0.0675. The van der Waals surface area contributed by atoms with Gasteiger partial charge in [0.05, 0.1) is 11.9 Å². The van der Waals surface area contributed by atoms with Gasteiger partial charge in [0, 0.05) is 23.8 Å². The van der Waals surface area contributed by atoms with Crippen LogP contribution in [-0.4, -0.2) is 20.4 Å². The lowest BCUT2D eigenvalue weighted by molar-refractivity contribution is -0.116. The number of benzene rings is 1. The molecule has 0 spiro atoms. The number of amides is 1. The fraction of sp³-hybridized carbons (Fsp3) is 0.118. The van der Waals surface area contributed by atoms with Gasteiger partial charge in [-0.15, -0.1) is 0 Å². The van der Waals surface area contributed by atoms with Crippen molar-refractivity contribution in [3.05, 3.63) is 71.9 Å². The number of carbonyl (C=O) groups excluding carboxylic acids is 1. The van der Waals surface area contributed by atoms with Crippen LogP contribution < -0.4 is 5.32 Å². The lowest BCUT2D eigenvalue weighted by atomic mass is 10.1. The predicted octanol–water partition coefficient (Wildman–Crippen LogP) is 3.49. The van der Waals surface area contributed by atoms with Crippen LogP contribution in [0.5, 0.6) is 0 Å². The molecule has 116 valence electrons. The second kappa shape index (κ2) is 7.07. The van der Waals surface area contributed by atoms with E-state index in [1.807, 2.05) is 42.6 Å². The van der Waals surface area contributed by atoms with Gasteiger partial charge in [-0.05, 0) is 30.2 Å². The quantitative estimate of drug-likeness (QED) is 0.780. The molecule has 0 saturated carbocycles. The minimum atomic E-state index is -0.0675. The smallest absolute Gasteiger partial charge is 0.224 e. The van der Waals surface area contributed by atoms with Gasteiger partial charge in [0.2, 0.25) is 5.91 Å². The number of hydrogen-bond acceptors (Lipinski definition) is 3. The summed E-state index contributed by atoms with van der Waals surface area (Å²) in [4.78, 5) is 20.3. The van der Waals surface area contributed by atoms with Crippen LogP contribution in [0, 0.1) is 0 Å². The standard InChI is InChI=1S/C17H15ClN4O/c18-15-4-2-1-3-13(15)5-8-17(23)21-14-6-7-16(20-11-14)22-10-9-19-12-22/h1-4,6-7,9-12H,5,8H2,(H,21,23). The molecule has 1 amide bonds. The van der Waals surface area contributed by atoms with Crippen molar-refractivity contribution in [3.63, 3.8) is 0 Å². The van der Waals surface area contributed by atoms with E-state index in [0.717, 1.165) is 11.4 Å². The van der Waals surface area contributed by atoms with E-state index in [2.05, 4.69) is 15.3 Å². The zero-order valence-electron chi connectivity index (χ0n) is 12.3. The van der Waals surface area contributed by atoms with Gasteiger partial charge < -0.3 is 5.32 Å². The Balaban J connectivity index is 1.57. The Morgan fingerprint density at radius 3 is 2.78 bits per heavy atom. The molecule has 6 heteroatoms. The molecule has 2 heterocycles. The molecule has 0 bridgehead atoms. The maximum absolute atomic E-state index is 12.0. The molecule has 0 atom stereocenters. The van der Waals surface area contributed by atoms with E-state index >= 15 is 0 Å². The van der Waals surface area contributed by atoms with Crippen LogP contribution in [0.4, 0.5) is 5.69 Å². The average molecular weight is 327 g/mol. The molecule has 23 heavy (non-hydrogen) atoms. The van der Waals surface area contributed by atoms with E-state index in [4.69, 9.17) is 11.6 Å². The first kappa shape index (κ1) is 15.2. The number of nitrogens with one attached hydrogen (secondary N) is 1. The van der Waals surface area contributed by atoms with Crippen molar-refractivity contribution in [1.29, 1.82) is 0 Å². The zero-order valence-corrected chi connectivity index (χ0v) is 13.1. The van der Waals surface area contributed by atoms with E-state index in [1.54, 1.807) is 23.3 Å². The second-order valence-corrected chi connectivity index (χ2v) is 5.42. The van der Waals surface area contributed by atoms with E-state index in [1.165, 1.54) is 0 Å². The van der Waals surface area contributed by atoms with E-state index in [0.29, 0.717) is 23.6 Å². The maximum atomic E-state index is 12.0. The Labute approximate surface area is 139 Å². The van der Waals surface area contributed by atoms with Crippen LogP contribution in [-0.2, 0) is 11.2 Å². The largest absolute Gasteiger partial charge is 0.325 e. The molecule has 0 aliphatic heterocycles. The Kier molecular flexibility index (Phi) is 4.68. The summed E-state index contributed by atoms with van der Waals surface area (Å²) in [7, 11) is 0. The highest BCUT2D eigenvalue weighted by Crippen LogP contribution is 2.17. The molecule has 0 aliphatic rings. The molecule has 5 nitrogen and oxygen atoms in total. The molecule has 3 rings (SSSR count). The number of hydrogen-bond donors (Lipinski definition) is 1. The third-order valence-electron chi connectivity index (χ3n) is 3.38. The third kappa shape index (κ3) is 3.96. The van der Waals surface area contributed by atoms with Gasteiger partial charge in [0.1, 0.15) is 12.1 Å². The fourth-order valence-electron chi connectivity index (χ4n) is 2.18. The molecule has 0 fully saturated rings. The Bertz CT molecular complexity index is 785. The summed E-state index contributed by atoms with van der Waals surface area (Å²) in [5, 5.41) is 3.52. The maximum Gasteiger partial charge on any atom is 0.224 e. The van der Waals surface area contributed by atoms with Crippen molar-refractivity contribution >= 4 is 23.2 Å². The highest BCUT2D eigenvalue weighted by molar-refractivity contribution is 6.31. The summed E-state index contributed by atoms with van der Waals surface area (Å²) < 4.78 is 1.79. The molecule has 1 aromatic carbocycles. The van der Waals surface area contributed by atoms with Gasteiger partial charge in [-0.3, -0.25) is 9.36 Å². The van der Waals surface area contributed by atoms with Gasteiger partial charge in [-0.1, -0.05) is 29.8 Å². The van der Waals surface area contributed by atoms with E-state index < -0.39 is 0 Å². The Hall–Kier alpha value is -2.66. The number of pyridine rings is 1. The molecule has 0 radical (unpaired) electrons. The van der Waals surface area contributed by atoms with Crippen molar-refractivity contribution in [3.8, 4) is 5.82 Å². The lowest BCUT2D eigenvalue weighted by Gasteiger charge is -2.07. The number of aryl methyl sites for hydroxylation is 1. The number of aromatic nitrogens is 3. The third-order valence-corrected chi connectivity index (χ3v) is 3.75. The molecule has 0 aliphatic carbocycles. The molecular formula is C17H15ClN4O. The van der Waals surface area contributed by atoms with Gasteiger partial charge in [0.25, 0.3) is 0 Å². The van der Waals surface area contributed by atoms with Gasteiger partial charge in [-0.2, -0.15) is 0 Å². The SMILES string of the molecule is O=C(CCc1ccccc1Cl)Nc1ccc(-n2ccnc2)nc1. The van der Waals surface area contributed by atoms with Crippen molar-refractivity contribution in [2.45, 2.75) is 12.8 Å². The monoisotopic (exact) mass is 326 g/mol. The molecule has 1 N–H and O–H groups in total. The summed E-state index contributed by atoms with van der Waals surface area (Å²) in [6.45, 7) is 0. The number of anilines is 1. The highest BCUT2D eigenvalue weighted by atomic mass is 35.5.